The highest BCUT2D eigenvalue weighted by Gasteiger charge is 2.05. The van der Waals surface area contributed by atoms with Crippen LogP contribution in [0.4, 0.5) is 0 Å². The largest absolute Gasteiger partial charge is 0.492 e. The normalized spacial score (nSPS) is 10.4. The molecule has 0 atom stereocenters. The van der Waals surface area contributed by atoms with Crippen LogP contribution in [-0.4, -0.2) is 21.4 Å². The van der Waals surface area contributed by atoms with Crippen LogP contribution in [-0.2, 0) is 13.5 Å². The van der Waals surface area contributed by atoms with E-state index in [-0.39, 0.29) is 0 Å². The van der Waals surface area contributed by atoms with Crippen LogP contribution in [0.2, 0.25) is 5.02 Å². The second-order valence-corrected chi connectivity index (χ2v) is 4.90. The van der Waals surface area contributed by atoms with Gasteiger partial charge >= 0.3 is 0 Å². The zero-order valence-electron chi connectivity index (χ0n) is 10.5. The molecule has 2 N–H and O–H groups in total. The van der Waals surface area contributed by atoms with Gasteiger partial charge in [-0.25, -0.2) is 0 Å². The van der Waals surface area contributed by atoms with Crippen molar-refractivity contribution in [2.24, 2.45) is 12.8 Å². The second-order valence-electron chi connectivity index (χ2n) is 4.05. The summed E-state index contributed by atoms with van der Waals surface area (Å²) in [5.74, 6) is 0.629. The average Bonchev–Trinajstić information content (AvgIpc) is 2.77. The van der Waals surface area contributed by atoms with Crippen LogP contribution < -0.4 is 10.5 Å². The van der Waals surface area contributed by atoms with Crippen molar-refractivity contribution < 1.29 is 4.74 Å². The van der Waals surface area contributed by atoms with Gasteiger partial charge in [0.2, 0.25) is 0 Å². The van der Waals surface area contributed by atoms with E-state index < -0.39 is 0 Å². The molecule has 0 fully saturated rings. The van der Waals surface area contributed by atoms with Crippen LogP contribution in [0.25, 0.3) is 0 Å². The van der Waals surface area contributed by atoms with E-state index in [1.807, 2.05) is 17.8 Å². The molecule has 2 aromatic rings. The summed E-state index contributed by atoms with van der Waals surface area (Å²) in [5, 5.41) is 4.61. The molecule has 1 heterocycles. The van der Waals surface area contributed by atoms with Gasteiger partial charge in [-0.05, 0) is 24.3 Å². The van der Waals surface area contributed by atoms with E-state index in [0.29, 0.717) is 22.4 Å². The smallest absolute Gasteiger partial charge is 0.137 e. The SMILES string of the molecule is Cn1nccc1CCOc1ccc(C(N)=S)cc1Cl. The van der Waals surface area contributed by atoms with E-state index in [0.717, 1.165) is 17.7 Å². The fourth-order valence-corrected chi connectivity index (χ4v) is 2.05. The highest BCUT2D eigenvalue weighted by atomic mass is 35.5. The Balaban J connectivity index is 1.96. The van der Waals surface area contributed by atoms with Gasteiger partial charge in [-0.2, -0.15) is 5.10 Å². The summed E-state index contributed by atoms with van der Waals surface area (Å²) in [7, 11) is 1.90. The first-order valence-electron chi connectivity index (χ1n) is 5.77. The van der Waals surface area contributed by atoms with Gasteiger partial charge in [-0.15, -0.1) is 0 Å². The van der Waals surface area contributed by atoms with Crippen molar-refractivity contribution in [3.63, 3.8) is 0 Å². The molecule has 1 aromatic heterocycles. The summed E-state index contributed by atoms with van der Waals surface area (Å²) >= 11 is 11.0. The van der Waals surface area contributed by atoms with Gasteiger partial charge in [-0.1, -0.05) is 23.8 Å². The Morgan fingerprint density at radius 3 is 2.84 bits per heavy atom. The van der Waals surface area contributed by atoms with E-state index >= 15 is 0 Å². The molecule has 100 valence electrons. The maximum Gasteiger partial charge on any atom is 0.137 e. The summed E-state index contributed by atoms with van der Waals surface area (Å²) < 4.78 is 7.46. The fourth-order valence-electron chi connectivity index (χ4n) is 1.68. The van der Waals surface area contributed by atoms with Crippen molar-refractivity contribution in [2.45, 2.75) is 6.42 Å². The van der Waals surface area contributed by atoms with Crippen LogP contribution in [0.15, 0.2) is 30.5 Å². The summed E-state index contributed by atoms with van der Waals surface area (Å²) in [4.78, 5) is 0.323. The molecule has 19 heavy (non-hydrogen) atoms. The van der Waals surface area contributed by atoms with Gasteiger partial charge in [0, 0.05) is 30.9 Å². The summed E-state index contributed by atoms with van der Waals surface area (Å²) in [6, 6.07) is 7.25. The Morgan fingerprint density at radius 2 is 2.26 bits per heavy atom. The van der Waals surface area contributed by atoms with Crippen LogP contribution in [0.1, 0.15) is 11.3 Å². The topological polar surface area (TPSA) is 53.1 Å². The number of thiocarbonyl (C=S) groups is 1. The number of rotatable bonds is 5. The number of aryl methyl sites for hydroxylation is 1. The standard InChI is InChI=1S/C13H14ClN3OS/c1-17-10(4-6-16-17)5-7-18-12-3-2-9(13(15)19)8-11(12)14/h2-4,6,8H,5,7H2,1H3,(H2,15,19). The highest BCUT2D eigenvalue weighted by molar-refractivity contribution is 7.80. The van der Waals surface area contributed by atoms with Crippen molar-refractivity contribution in [3.05, 3.63) is 46.7 Å². The second kappa shape index (κ2) is 6.04. The van der Waals surface area contributed by atoms with E-state index in [1.165, 1.54) is 0 Å². The number of aromatic nitrogens is 2. The summed E-state index contributed by atoms with van der Waals surface area (Å²) in [5.41, 5.74) is 7.38. The molecule has 2 rings (SSSR count). The quantitative estimate of drug-likeness (QED) is 0.860. The first-order valence-corrected chi connectivity index (χ1v) is 6.55. The minimum atomic E-state index is 0.323. The minimum absolute atomic E-state index is 0.323. The number of halogens is 1. The number of nitrogens with zero attached hydrogens (tertiary/aromatic N) is 2. The number of nitrogens with two attached hydrogens (primary N) is 1. The van der Waals surface area contributed by atoms with Crippen LogP contribution in [0.5, 0.6) is 5.75 Å². The van der Waals surface area contributed by atoms with Gasteiger partial charge in [0.1, 0.15) is 10.7 Å². The number of hydrogen-bond donors (Lipinski definition) is 1. The summed E-state index contributed by atoms with van der Waals surface area (Å²) in [6.45, 7) is 0.533. The third kappa shape index (κ3) is 3.45. The lowest BCUT2D eigenvalue weighted by Crippen LogP contribution is -2.10. The van der Waals surface area contributed by atoms with E-state index in [1.54, 1.807) is 24.4 Å². The molecular weight excluding hydrogens is 282 g/mol. The van der Waals surface area contributed by atoms with Gasteiger partial charge < -0.3 is 10.5 Å². The Hall–Kier alpha value is -1.59. The molecule has 0 unspecified atom stereocenters. The minimum Gasteiger partial charge on any atom is -0.492 e. The maximum atomic E-state index is 6.11. The molecule has 0 aliphatic heterocycles. The third-order valence-corrected chi connectivity index (χ3v) is 3.29. The van der Waals surface area contributed by atoms with E-state index in [4.69, 9.17) is 34.3 Å². The molecule has 0 saturated carbocycles. The highest BCUT2D eigenvalue weighted by Crippen LogP contribution is 2.25. The van der Waals surface area contributed by atoms with Crippen molar-refractivity contribution in [1.29, 1.82) is 0 Å². The Kier molecular flexibility index (Phi) is 4.39. The molecule has 0 bridgehead atoms. The lowest BCUT2D eigenvalue weighted by molar-refractivity contribution is 0.318. The zero-order chi connectivity index (χ0) is 13.8. The van der Waals surface area contributed by atoms with Crippen molar-refractivity contribution in [1.82, 2.24) is 9.78 Å². The van der Waals surface area contributed by atoms with Crippen molar-refractivity contribution in [2.75, 3.05) is 6.61 Å². The van der Waals surface area contributed by atoms with Crippen LogP contribution in [0, 0.1) is 0 Å². The van der Waals surface area contributed by atoms with Crippen molar-refractivity contribution in [3.8, 4) is 5.75 Å². The zero-order valence-corrected chi connectivity index (χ0v) is 12.0. The fraction of sp³-hybridized carbons (Fsp3) is 0.231. The molecule has 0 radical (unpaired) electrons. The molecule has 0 aliphatic carbocycles. The van der Waals surface area contributed by atoms with E-state index in [2.05, 4.69) is 5.10 Å². The first kappa shape index (κ1) is 13.8. The molecule has 0 aliphatic rings. The lowest BCUT2D eigenvalue weighted by atomic mass is 10.2. The van der Waals surface area contributed by atoms with Gasteiger partial charge in [0.15, 0.2) is 0 Å². The Bertz CT molecular complexity index is 597. The molecule has 1 aromatic carbocycles. The molecule has 6 heteroatoms. The molecule has 0 spiro atoms. The third-order valence-electron chi connectivity index (χ3n) is 2.75. The van der Waals surface area contributed by atoms with E-state index in [9.17, 15) is 0 Å². The Labute approximate surface area is 122 Å². The average molecular weight is 296 g/mol. The molecular formula is C13H14ClN3OS. The summed E-state index contributed by atoms with van der Waals surface area (Å²) in [6.07, 6.45) is 2.53. The van der Waals surface area contributed by atoms with Crippen molar-refractivity contribution >= 4 is 28.8 Å². The first-order chi connectivity index (χ1) is 9.08. The predicted octanol–water partition coefficient (Wildman–Crippen LogP) is 2.33. The molecule has 0 amide bonds. The maximum absolute atomic E-state index is 6.11. The molecule has 4 nitrogen and oxygen atoms in total. The van der Waals surface area contributed by atoms with Gasteiger partial charge in [-0.3, -0.25) is 4.68 Å². The number of ether oxygens (including phenoxy) is 1. The molecule has 0 saturated heterocycles. The van der Waals surface area contributed by atoms with Gasteiger partial charge in [0.25, 0.3) is 0 Å². The van der Waals surface area contributed by atoms with Crippen LogP contribution in [0.3, 0.4) is 0 Å². The number of hydrogen-bond acceptors (Lipinski definition) is 3. The van der Waals surface area contributed by atoms with Crippen LogP contribution >= 0.6 is 23.8 Å². The van der Waals surface area contributed by atoms with Gasteiger partial charge in [0.05, 0.1) is 11.6 Å². The monoisotopic (exact) mass is 295 g/mol. The predicted molar refractivity (Wildman–Crippen MR) is 79.7 cm³/mol. The Morgan fingerprint density at radius 1 is 1.47 bits per heavy atom. The lowest BCUT2D eigenvalue weighted by Gasteiger charge is -2.09. The number of benzene rings is 1.